The molecule has 0 aliphatic carbocycles. The van der Waals surface area contributed by atoms with Crippen molar-refractivity contribution in [2.45, 2.75) is 73.1 Å². The first-order valence-corrected chi connectivity index (χ1v) is 13.2. The number of rotatable bonds is 16. The Bertz CT molecular complexity index is 623. The van der Waals surface area contributed by atoms with Crippen LogP contribution in [0.1, 0.15) is 73.1 Å². The van der Waals surface area contributed by atoms with Gasteiger partial charge in [0.25, 0.3) is 0 Å². The Kier molecular flexibility index (Phi) is 13.0. The van der Waals surface area contributed by atoms with E-state index in [0.717, 1.165) is 19.3 Å². The van der Waals surface area contributed by atoms with E-state index >= 15 is 0 Å². The molecule has 0 saturated carbocycles. The van der Waals surface area contributed by atoms with Crippen LogP contribution in [0.5, 0.6) is 5.75 Å². The van der Waals surface area contributed by atoms with Crippen LogP contribution < -0.4 is 4.52 Å². The van der Waals surface area contributed by atoms with Crippen molar-refractivity contribution >= 4 is 13.5 Å². The molecule has 1 rings (SSSR count). The molecule has 0 fully saturated rings. The summed E-state index contributed by atoms with van der Waals surface area (Å²) in [7, 11) is -3.59. The summed E-state index contributed by atoms with van der Waals surface area (Å²) >= 11 is 0. The standard InChI is InChI=1S/C24H42NO4P/c1-6-7-8-9-10-14-17-28-30(27,29-23-15-12-11-13-16-23)20-24(26)25(18-21(2)3)19-22(4)5/h11-13,15-16,21-22H,6-10,14,17-20H2,1-5H3. The molecule has 0 bridgehead atoms. The van der Waals surface area contributed by atoms with Gasteiger partial charge in [-0.15, -0.1) is 0 Å². The number of benzene rings is 1. The van der Waals surface area contributed by atoms with Crippen LogP contribution in [0.15, 0.2) is 30.3 Å². The first-order valence-electron chi connectivity index (χ1n) is 11.5. The average Bonchev–Trinajstić information content (AvgIpc) is 2.66. The molecule has 0 saturated heterocycles. The highest BCUT2D eigenvalue weighted by Gasteiger charge is 2.32. The minimum Gasteiger partial charge on any atom is -0.424 e. The second-order valence-corrected chi connectivity index (χ2v) is 10.8. The summed E-state index contributed by atoms with van der Waals surface area (Å²) in [5, 5.41) is 0. The van der Waals surface area contributed by atoms with Crippen molar-refractivity contribution < 1.29 is 18.4 Å². The number of hydrogen-bond acceptors (Lipinski definition) is 4. The predicted molar refractivity (Wildman–Crippen MR) is 125 cm³/mol. The van der Waals surface area contributed by atoms with Crippen LogP contribution in [0.4, 0.5) is 0 Å². The Hall–Kier alpha value is -1.32. The number of hydrogen-bond donors (Lipinski definition) is 0. The van der Waals surface area contributed by atoms with E-state index < -0.39 is 7.60 Å². The van der Waals surface area contributed by atoms with Crippen molar-refractivity contribution in [2.24, 2.45) is 11.8 Å². The number of nitrogens with zero attached hydrogens (tertiary/aromatic N) is 1. The van der Waals surface area contributed by atoms with Gasteiger partial charge in [0.05, 0.1) is 6.61 Å². The maximum Gasteiger partial charge on any atom is 0.388 e. The molecule has 172 valence electrons. The molecule has 0 heterocycles. The van der Waals surface area contributed by atoms with Crippen LogP contribution >= 0.6 is 7.60 Å². The smallest absolute Gasteiger partial charge is 0.388 e. The Morgan fingerprint density at radius 1 is 0.933 bits per heavy atom. The minimum absolute atomic E-state index is 0.167. The minimum atomic E-state index is -3.59. The molecule has 1 aromatic carbocycles. The fourth-order valence-corrected chi connectivity index (χ4v) is 4.85. The maximum absolute atomic E-state index is 13.5. The third-order valence-electron chi connectivity index (χ3n) is 4.63. The summed E-state index contributed by atoms with van der Waals surface area (Å²) in [6.45, 7) is 12.1. The molecule has 1 aromatic rings. The third-order valence-corrected chi connectivity index (χ3v) is 6.35. The second kappa shape index (κ2) is 14.6. The van der Waals surface area contributed by atoms with E-state index in [1.165, 1.54) is 19.3 Å². The van der Waals surface area contributed by atoms with Gasteiger partial charge in [0.1, 0.15) is 11.9 Å². The molecule has 30 heavy (non-hydrogen) atoms. The molecular weight excluding hydrogens is 397 g/mol. The SMILES string of the molecule is CCCCCCCCOP(=O)(CC(=O)N(CC(C)C)CC(C)C)Oc1ccccc1. The second-order valence-electron chi connectivity index (χ2n) is 8.86. The molecule has 0 aliphatic heterocycles. The van der Waals surface area contributed by atoms with E-state index in [0.29, 0.717) is 37.3 Å². The van der Waals surface area contributed by atoms with E-state index in [1.807, 2.05) is 18.2 Å². The Morgan fingerprint density at radius 2 is 1.50 bits per heavy atom. The number of carbonyl (C=O) groups excluding carboxylic acids is 1. The van der Waals surface area contributed by atoms with Gasteiger partial charge in [-0.25, -0.2) is 4.57 Å². The average molecular weight is 440 g/mol. The fraction of sp³-hybridized carbons (Fsp3) is 0.708. The predicted octanol–water partition coefficient (Wildman–Crippen LogP) is 6.78. The van der Waals surface area contributed by atoms with Crippen molar-refractivity contribution in [3.63, 3.8) is 0 Å². The van der Waals surface area contributed by atoms with Gasteiger partial charge < -0.3 is 9.42 Å². The van der Waals surface area contributed by atoms with Gasteiger partial charge in [0, 0.05) is 13.1 Å². The Morgan fingerprint density at radius 3 is 2.07 bits per heavy atom. The summed E-state index contributed by atoms with van der Waals surface area (Å²) in [4.78, 5) is 14.8. The summed E-state index contributed by atoms with van der Waals surface area (Å²) < 4.78 is 25.0. The van der Waals surface area contributed by atoms with Crippen molar-refractivity contribution in [3.8, 4) is 5.75 Å². The van der Waals surface area contributed by atoms with Crippen LogP contribution in [-0.2, 0) is 13.9 Å². The van der Waals surface area contributed by atoms with Gasteiger partial charge in [-0.3, -0.25) is 9.32 Å². The molecule has 0 spiro atoms. The van der Waals surface area contributed by atoms with E-state index in [2.05, 4.69) is 34.6 Å². The molecular formula is C24H42NO4P. The lowest BCUT2D eigenvalue weighted by atomic mass is 10.1. The van der Waals surface area contributed by atoms with Gasteiger partial charge >= 0.3 is 7.60 Å². The molecule has 6 heteroatoms. The number of amides is 1. The Labute approximate surface area is 184 Å². The first kappa shape index (κ1) is 26.7. The van der Waals surface area contributed by atoms with Gasteiger partial charge in [0.2, 0.25) is 5.91 Å². The van der Waals surface area contributed by atoms with Gasteiger partial charge in [-0.2, -0.15) is 0 Å². The first-order chi connectivity index (χ1) is 14.3. The van der Waals surface area contributed by atoms with Crippen molar-refractivity contribution in [3.05, 3.63) is 30.3 Å². The molecule has 0 radical (unpaired) electrons. The molecule has 0 aromatic heterocycles. The van der Waals surface area contributed by atoms with Crippen molar-refractivity contribution in [1.82, 2.24) is 4.90 Å². The lowest BCUT2D eigenvalue weighted by Gasteiger charge is -2.28. The zero-order chi connectivity index (χ0) is 22.4. The van der Waals surface area contributed by atoms with E-state index in [4.69, 9.17) is 9.05 Å². The van der Waals surface area contributed by atoms with Crippen LogP contribution in [0.3, 0.4) is 0 Å². The summed E-state index contributed by atoms with van der Waals surface area (Å²) in [6.07, 6.45) is 6.45. The van der Waals surface area contributed by atoms with Gasteiger partial charge in [-0.05, 0) is 30.4 Å². The van der Waals surface area contributed by atoms with Crippen LogP contribution in [0.25, 0.3) is 0 Å². The molecule has 0 aliphatic rings. The lowest BCUT2D eigenvalue weighted by Crippen LogP contribution is -2.39. The highest BCUT2D eigenvalue weighted by molar-refractivity contribution is 7.55. The van der Waals surface area contributed by atoms with Gasteiger partial charge in [-0.1, -0.05) is 84.9 Å². The topological polar surface area (TPSA) is 55.8 Å². The zero-order valence-electron chi connectivity index (χ0n) is 19.6. The summed E-state index contributed by atoms with van der Waals surface area (Å²) in [5.41, 5.74) is 0. The largest absolute Gasteiger partial charge is 0.424 e. The quantitative estimate of drug-likeness (QED) is 0.210. The molecule has 5 nitrogen and oxygen atoms in total. The van der Waals surface area contributed by atoms with Crippen LogP contribution in [0.2, 0.25) is 0 Å². The number of para-hydroxylation sites is 1. The van der Waals surface area contributed by atoms with E-state index in [-0.39, 0.29) is 12.1 Å². The Balaban J connectivity index is 2.77. The van der Waals surface area contributed by atoms with E-state index in [1.54, 1.807) is 17.0 Å². The van der Waals surface area contributed by atoms with Crippen LogP contribution in [-0.4, -0.2) is 36.7 Å². The summed E-state index contributed by atoms with van der Waals surface area (Å²) in [6, 6.07) is 8.99. The monoisotopic (exact) mass is 439 g/mol. The number of carbonyl (C=O) groups is 1. The molecule has 1 unspecified atom stereocenters. The van der Waals surface area contributed by atoms with E-state index in [9.17, 15) is 9.36 Å². The zero-order valence-corrected chi connectivity index (χ0v) is 20.5. The highest BCUT2D eigenvalue weighted by atomic mass is 31.2. The number of unbranched alkanes of at least 4 members (excludes halogenated alkanes) is 5. The van der Waals surface area contributed by atoms with Gasteiger partial charge in [0.15, 0.2) is 0 Å². The normalized spacial score (nSPS) is 13.4. The third kappa shape index (κ3) is 11.8. The molecule has 0 N–H and O–H groups in total. The van der Waals surface area contributed by atoms with Crippen molar-refractivity contribution in [2.75, 3.05) is 25.9 Å². The van der Waals surface area contributed by atoms with Crippen LogP contribution in [0, 0.1) is 11.8 Å². The van der Waals surface area contributed by atoms with Crippen molar-refractivity contribution in [1.29, 1.82) is 0 Å². The summed E-state index contributed by atoms with van der Waals surface area (Å²) in [5.74, 6) is 0.979. The maximum atomic E-state index is 13.5. The fourth-order valence-electron chi connectivity index (χ4n) is 3.26. The highest BCUT2D eigenvalue weighted by Crippen LogP contribution is 2.48. The lowest BCUT2D eigenvalue weighted by molar-refractivity contribution is -0.129. The molecule has 1 atom stereocenters. The molecule has 1 amide bonds.